The summed E-state index contributed by atoms with van der Waals surface area (Å²) in [5.41, 5.74) is -0.0562. The quantitative estimate of drug-likeness (QED) is 0.772. The molecule has 0 radical (unpaired) electrons. The van der Waals surface area contributed by atoms with Crippen LogP contribution in [0.1, 0.15) is 17.4 Å². The van der Waals surface area contributed by atoms with Gasteiger partial charge in [-0.3, -0.25) is 9.59 Å². The molecule has 0 aromatic carbocycles. The van der Waals surface area contributed by atoms with Gasteiger partial charge in [0.2, 0.25) is 5.91 Å². The van der Waals surface area contributed by atoms with E-state index in [4.69, 9.17) is 0 Å². The predicted octanol–water partition coefficient (Wildman–Crippen LogP) is -0.00470. The summed E-state index contributed by atoms with van der Waals surface area (Å²) in [5, 5.41) is 12.0. The predicted molar refractivity (Wildman–Crippen MR) is 61.5 cm³/mol. The van der Waals surface area contributed by atoms with Crippen LogP contribution in [-0.4, -0.2) is 46.9 Å². The maximum atomic E-state index is 11.8. The Morgan fingerprint density at radius 3 is 2.82 bits per heavy atom. The van der Waals surface area contributed by atoms with Gasteiger partial charge >= 0.3 is 0 Å². The number of pyridine rings is 1. The minimum Gasteiger partial charge on any atom is -0.505 e. The van der Waals surface area contributed by atoms with Gasteiger partial charge in [-0.15, -0.1) is 0 Å². The maximum Gasteiger partial charge on any atom is 0.276 e. The van der Waals surface area contributed by atoms with E-state index in [0.717, 1.165) is 0 Å². The van der Waals surface area contributed by atoms with Gasteiger partial charge in [0.25, 0.3) is 5.91 Å². The molecule has 0 fully saturated rings. The van der Waals surface area contributed by atoms with E-state index < -0.39 is 5.91 Å². The smallest absolute Gasteiger partial charge is 0.276 e. The molecule has 0 saturated carbocycles. The average molecular weight is 237 g/mol. The molecule has 1 heterocycles. The first-order valence-electron chi connectivity index (χ1n) is 5.22. The summed E-state index contributed by atoms with van der Waals surface area (Å²) in [7, 11) is 1.48. The van der Waals surface area contributed by atoms with Crippen LogP contribution >= 0.6 is 0 Å². The van der Waals surface area contributed by atoms with Gasteiger partial charge in [0.15, 0.2) is 5.69 Å². The molecule has 1 aromatic heterocycles. The van der Waals surface area contributed by atoms with Crippen LogP contribution in [0.15, 0.2) is 18.3 Å². The van der Waals surface area contributed by atoms with Crippen molar-refractivity contribution in [3.05, 3.63) is 24.0 Å². The van der Waals surface area contributed by atoms with Crippen molar-refractivity contribution in [3.8, 4) is 5.75 Å². The lowest BCUT2D eigenvalue weighted by Gasteiger charge is -2.16. The minimum absolute atomic E-state index is 0.0562. The summed E-state index contributed by atoms with van der Waals surface area (Å²) < 4.78 is 0. The van der Waals surface area contributed by atoms with Crippen LogP contribution in [0.3, 0.4) is 0 Å². The van der Waals surface area contributed by atoms with Crippen LogP contribution in [0.25, 0.3) is 0 Å². The lowest BCUT2D eigenvalue weighted by Crippen LogP contribution is -2.38. The van der Waals surface area contributed by atoms with E-state index in [2.05, 4.69) is 10.3 Å². The van der Waals surface area contributed by atoms with Crippen molar-refractivity contribution in [3.63, 3.8) is 0 Å². The number of nitrogens with zero attached hydrogens (tertiary/aromatic N) is 2. The molecule has 17 heavy (non-hydrogen) atoms. The Morgan fingerprint density at radius 1 is 1.53 bits per heavy atom. The van der Waals surface area contributed by atoms with E-state index in [9.17, 15) is 14.7 Å². The first kappa shape index (κ1) is 13.0. The normalized spacial score (nSPS) is 9.76. The number of aromatic hydroxyl groups is 1. The van der Waals surface area contributed by atoms with E-state index in [0.29, 0.717) is 6.54 Å². The average Bonchev–Trinajstić information content (AvgIpc) is 2.29. The third kappa shape index (κ3) is 3.44. The molecule has 0 unspecified atom stereocenters. The van der Waals surface area contributed by atoms with Gasteiger partial charge in [-0.25, -0.2) is 4.98 Å². The number of amides is 2. The second-order valence-electron chi connectivity index (χ2n) is 3.49. The van der Waals surface area contributed by atoms with Crippen LogP contribution in [0.5, 0.6) is 5.75 Å². The zero-order valence-corrected chi connectivity index (χ0v) is 9.80. The largest absolute Gasteiger partial charge is 0.505 e. The van der Waals surface area contributed by atoms with Gasteiger partial charge in [0.1, 0.15) is 5.75 Å². The topological polar surface area (TPSA) is 82.5 Å². The van der Waals surface area contributed by atoms with Crippen molar-refractivity contribution >= 4 is 11.8 Å². The third-order valence-corrected chi connectivity index (χ3v) is 2.09. The summed E-state index contributed by atoms with van der Waals surface area (Å²) in [6, 6.07) is 2.90. The van der Waals surface area contributed by atoms with Crippen molar-refractivity contribution in [2.45, 2.75) is 6.92 Å². The van der Waals surface area contributed by atoms with E-state index in [1.807, 2.05) is 0 Å². The van der Waals surface area contributed by atoms with E-state index in [1.54, 1.807) is 6.92 Å². The third-order valence-electron chi connectivity index (χ3n) is 2.09. The van der Waals surface area contributed by atoms with Crippen molar-refractivity contribution < 1.29 is 14.7 Å². The van der Waals surface area contributed by atoms with E-state index >= 15 is 0 Å². The molecule has 2 N–H and O–H groups in total. The standard InChI is InChI=1S/C11H15N3O3/c1-3-12-9(16)7-14(2)11(17)10-8(15)5-4-6-13-10/h4-6,15H,3,7H2,1-2H3,(H,12,16). The summed E-state index contributed by atoms with van der Waals surface area (Å²) in [6.07, 6.45) is 1.41. The molecule has 0 bridgehead atoms. The Bertz CT molecular complexity index is 420. The molecule has 6 nitrogen and oxygen atoms in total. The first-order valence-corrected chi connectivity index (χ1v) is 5.22. The zero-order chi connectivity index (χ0) is 12.8. The Balaban J connectivity index is 2.70. The molecule has 0 saturated heterocycles. The lowest BCUT2D eigenvalue weighted by molar-refractivity contribution is -0.121. The lowest BCUT2D eigenvalue weighted by atomic mass is 10.3. The fraction of sp³-hybridized carbons (Fsp3) is 0.364. The molecule has 0 atom stereocenters. The van der Waals surface area contributed by atoms with E-state index in [1.165, 1.54) is 30.3 Å². The summed E-state index contributed by atoms with van der Waals surface area (Å²) in [6.45, 7) is 2.24. The number of carbonyl (C=O) groups is 2. The van der Waals surface area contributed by atoms with Crippen LogP contribution in [-0.2, 0) is 4.79 Å². The number of aromatic nitrogens is 1. The van der Waals surface area contributed by atoms with Crippen molar-refractivity contribution in [1.82, 2.24) is 15.2 Å². The van der Waals surface area contributed by atoms with Gasteiger partial charge in [-0.1, -0.05) is 0 Å². The molecule has 1 rings (SSSR count). The molecule has 0 aliphatic rings. The fourth-order valence-corrected chi connectivity index (χ4v) is 1.28. The van der Waals surface area contributed by atoms with Crippen LogP contribution in [0, 0.1) is 0 Å². The molecule has 6 heteroatoms. The molecule has 0 spiro atoms. The second kappa shape index (κ2) is 5.83. The minimum atomic E-state index is -0.491. The number of likely N-dealkylation sites (N-methyl/N-ethyl adjacent to an activating group) is 2. The number of carbonyl (C=O) groups excluding carboxylic acids is 2. The molecule has 92 valence electrons. The van der Waals surface area contributed by atoms with Crippen LogP contribution in [0.2, 0.25) is 0 Å². The number of hydrogen-bond acceptors (Lipinski definition) is 4. The van der Waals surface area contributed by atoms with Crippen molar-refractivity contribution in [1.29, 1.82) is 0 Å². The van der Waals surface area contributed by atoms with Crippen LogP contribution < -0.4 is 5.32 Å². The van der Waals surface area contributed by atoms with Crippen LogP contribution in [0.4, 0.5) is 0 Å². The molecular formula is C11H15N3O3. The summed E-state index contributed by atoms with van der Waals surface area (Å²) in [4.78, 5) is 28.1. The molecule has 0 aliphatic carbocycles. The molecular weight excluding hydrogens is 222 g/mol. The molecule has 2 amide bonds. The van der Waals surface area contributed by atoms with Gasteiger partial charge in [0.05, 0.1) is 6.54 Å². The monoisotopic (exact) mass is 237 g/mol. The Kier molecular flexibility index (Phi) is 4.45. The van der Waals surface area contributed by atoms with Crippen molar-refractivity contribution in [2.24, 2.45) is 0 Å². The number of rotatable bonds is 4. The second-order valence-corrected chi connectivity index (χ2v) is 3.49. The fourth-order valence-electron chi connectivity index (χ4n) is 1.28. The summed E-state index contributed by atoms with van der Waals surface area (Å²) >= 11 is 0. The summed E-state index contributed by atoms with van der Waals surface area (Å²) in [5.74, 6) is -0.937. The zero-order valence-electron chi connectivity index (χ0n) is 9.80. The highest BCUT2D eigenvalue weighted by Crippen LogP contribution is 2.14. The SMILES string of the molecule is CCNC(=O)CN(C)C(=O)c1ncccc1O. The van der Waals surface area contributed by atoms with Gasteiger partial charge in [-0.05, 0) is 19.1 Å². The number of hydrogen-bond donors (Lipinski definition) is 2. The highest BCUT2D eigenvalue weighted by molar-refractivity contribution is 5.96. The first-order chi connectivity index (χ1) is 8.06. The Hall–Kier alpha value is -2.11. The highest BCUT2D eigenvalue weighted by Gasteiger charge is 2.18. The van der Waals surface area contributed by atoms with Gasteiger partial charge in [0, 0.05) is 19.8 Å². The van der Waals surface area contributed by atoms with Crippen molar-refractivity contribution in [2.75, 3.05) is 20.1 Å². The van der Waals surface area contributed by atoms with E-state index in [-0.39, 0.29) is 23.9 Å². The molecule has 0 aliphatic heterocycles. The maximum absolute atomic E-state index is 11.8. The van der Waals surface area contributed by atoms with Gasteiger partial charge < -0.3 is 15.3 Å². The Morgan fingerprint density at radius 2 is 2.24 bits per heavy atom. The molecule has 1 aromatic rings. The number of nitrogens with one attached hydrogen (secondary N) is 1. The highest BCUT2D eigenvalue weighted by atomic mass is 16.3. The Labute approximate surface area is 99.3 Å². The van der Waals surface area contributed by atoms with Gasteiger partial charge in [-0.2, -0.15) is 0 Å².